The van der Waals surface area contributed by atoms with Crippen LogP contribution < -0.4 is 5.73 Å². The normalized spacial score (nSPS) is 10.2. The third-order valence-electron chi connectivity index (χ3n) is 2.76. The molecule has 0 saturated carbocycles. The molecule has 0 aliphatic rings. The fourth-order valence-electron chi connectivity index (χ4n) is 1.72. The molecule has 0 heterocycles. The number of aryl methyl sites for hydroxylation is 1. The first-order valence-electron chi connectivity index (χ1n) is 5.23. The average molecular weight is 229 g/mol. The number of nitrogen functional groups attached to an aromatic ring is 1. The lowest BCUT2D eigenvalue weighted by atomic mass is 9.98. The zero-order valence-corrected chi connectivity index (χ0v) is 9.41. The number of halogens is 1. The van der Waals surface area contributed by atoms with Crippen molar-refractivity contribution in [2.24, 2.45) is 0 Å². The molecule has 0 spiro atoms. The fraction of sp³-hybridized carbons (Fsp3) is 0.0714. The molecule has 0 atom stereocenters. The van der Waals surface area contributed by atoms with Gasteiger partial charge in [-0.2, -0.15) is 0 Å². The molecule has 86 valence electrons. The van der Waals surface area contributed by atoms with E-state index in [4.69, 9.17) is 5.73 Å². The van der Waals surface area contributed by atoms with Crippen LogP contribution in [0, 0.1) is 12.7 Å². The van der Waals surface area contributed by atoms with Crippen molar-refractivity contribution in [1.29, 1.82) is 0 Å². The number of anilines is 1. The molecule has 0 bridgehead atoms. The van der Waals surface area contributed by atoms with Crippen molar-refractivity contribution >= 4 is 12.0 Å². The van der Waals surface area contributed by atoms with E-state index in [9.17, 15) is 9.18 Å². The summed E-state index contributed by atoms with van der Waals surface area (Å²) in [5.74, 6) is -0.517. The maximum atomic E-state index is 13.5. The average Bonchev–Trinajstić information content (AvgIpc) is 2.32. The van der Waals surface area contributed by atoms with Crippen LogP contribution in [0.15, 0.2) is 36.4 Å². The highest BCUT2D eigenvalue weighted by atomic mass is 19.1. The predicted octanol–water partition coefficient (Wildman–Crippen LogP) is 3.20. The highest BCUT2D eigenvalue weighted by molar-refractivity contribution is 5.88. The highest BCUT2D eigenvalue weighted by Crippen LogP contribution is 2.27. The Morgan fingerprint density at radius 1 is 1.24 bits per heavy atom. The summed E-state index contributed by atoms with van der Waals surface area (Å²) in [5, 5.41) is 0. The van der Waals surface area contributed by atoms with Gasteiger partial charge in [0.1, 0.15) is 5.82 Å². The molecule has 2 aromatic rings. The van der Waals surface area contributed by atoms with E-state index in [0.29, 0.717) is 17.5 Å². The smallest absolute Gasteiger partial charge is 0.153 e. The fourth-order valence-corrected chi connectivity index (χ4v) is 1.72. The van der Waals surface area contributed by atoms with Crippen LogP contribution in [-0.2, 0) is 0 Å². The lowest BCUT2D eigenvalue weighted by molar-refractivity contribution is 0.112. The molecule has 3 heteroatoms. The lowest BCUT2D eigenvalue weighted by Gasteiger charge is -2.08. The van der Waals surface area contributed by atoms with Crippen LogP contribution in [0.4, 0.5) is 10.1 Å². The summed E-state index contributed by atoms with van der Waals surface area (Å²) in [5.41, 5.74) is 8.76. The first-order valence-corrected chi connectivity index (χ1v) is 5.23. The summed E-state index contributed by atoms with van der Waals surface area (Å²) in [6.07, 6.45) is 0.528. The minimum atomic E-state index is -0.517. The van der Waals surface area contributed by atoms with Crippen LogP contribution in [0.1, 0.15) is 15.9 Å². The molecule has 2 nitrogen and oxygen atoms in total. The zero-order chi connectivity index (χ0) is 12.4. The molecule has 0 unspecified atom stereocenters. The van der Waals surface area contributed by atoms with Crippen molar-refractivity contribution in [3.63, 3.8) is 0 Å². The van der Waals surface area contributed by atoms with Crippen molar-refractivity contribution in [2.75, 3.05) is 5.73 Å². The maximum absolute atomic E-state index is 13.5. The van der Waals surface area contributed by atoms with Gasteiger partial charge in [0.25, 0.3) is 0 Å². The van der Waals surface area contributed by atoms with Crippen LogP contribution in [0.2, 0.25) is 0 Å². The topological polar surface area (TPSA) is 43.1 Å². The first kappa shape index (κ1) is 11.3. The summed E-state index contributed by atoms with van der Waals surface area (Å²) >= 11 is 0. The molecule has 0 amide bonds. The van der Waals surface area contributed by atoms with E-state index in [1.165, 1.54) is 6.07 Å². The van der Waals surface area contributed by atoms with Crippen molar-refractivity contribution in [2.45, 2.75) is 6.92 Å². The predicted molar refractivity (Wildman–Crippen MR) is 66.4 cm³/mol. The molecular formula is C14H12FNO. The molecule has 0 saturated heterocycles. The molecule has 2 rings (SSSR count). The van der Waals surface area contributed by atoms with E-state index in [1.54, 1.807) is 18.2 Å². The minimum absolute atomic E-state index is 0.0655. The van der Waals surface area contributed by atoms with Gasteiger partial charge < -0.3 is 5.73 Å². The number of carbonyl (C=O) groups excluding carboxylic acids is 1. The van der Waals surface area contributed by atoms with Gasteiger partial charge >= 0.3 is 0 Å². The number of rotatable bonds is 2. The molecule has 0 aliphatic heterocycles. The van der Waals surface area contributed by atoms with E-state index < -0.39 is 5.82 Å². The highest BCUT2D eigenvalue weighted by Gasteiger charge is 2.09. The summed E-state index contributed by atoms with van der Waals surface area (Å²) in [7, 11) is 0. The second kappa shape index (κ2) is 4.37. The Kier molecular flexibility index (Phi) is 2.91. The molecular weight excluding hydrogens is 217 g/mol. The summed E-state index contributed by atoms with van der Waals surface area (Å²) in [4.78, 5) is 10.9. The maximum Gasteiger partial charge on any atom is 0.153 e. The van der Waals surface area contributed by atoms with Crippen LogP contribution in [0.3, 0.4) is 0 Å². The third kappa shape index (κ3) is 2.04. The van der Waals surface area contributed by atoms with Gasteiger partial charge in [0.05, 0.1) is 5.56 Å². The van der Waals surface area contributed by atoms with Gasteiger partial charge in [-0.3, -0.25) is 4.79 Å². The van der Waals surface area contributed by atoms with Crippen molar-refractivity contribution in [1.82, 2.24) is 0 Å². The molecule has 2 N–H and O–H groups in total. The summed E-state index contributed by atoms with van der Waals surface area (Å²) < 4.78 is 13.5. The third-order valence-corrected chi connectivity index (χ3v) is 2.76. The number of aldehydes is 1. The van der Waals surface area contributed by atoms with Crippen LogP contribution in [0.25, 0.3) is 11.1 Å². The molecule has 2 aromatic carbocycles. The lowest BCUT2D eigenvalue weighted by Crippen LogP contribution is -1.94. The summed E-state index contributed by atoms with van der Waals surface area (Å²) in [6.45, 7) is 1.89. The first-order chi connectivity index (χ1) is 8.13. The molecule has 0 fully saturated rings. The second-order valence-corrected chi connectivity index (χ2v) is 3.89. The monoisotopic (exact) mass is 229 g/mol. The second-order valence-electron chi connectivity index (χ2n) is 3.89. The van der Waals surface area contributed by atoms with E-state index in [-0.39, 0.29) is 5.56 Å². The Morgan fingerprint density at radius 3 is 2.65 bits per heavy atom. The van der Waals surface area contributed by atoms with Crippen LogP contribution >= 0.6 is 0 Å². The van der Waals surface area contributed by atoms with Crippen molar-refractivity contribution in [3.8, 4) is 11.1 Å². The Bertz CT molecular complexity index is 578. The van der Waals surface area contributed by atoms with Crippen LogP contribution in [-0.4, -0.2) is 6.29 Å². The SMILES string of the molecule is Cc1ccc(-c2cccc(F)c2C=O)cc1N. The van der Waals surface area contributed by atoms with Gasteiger partial charge in [0.2, 0.25) is 0 Å². The minimum Gasteiger partial charge on any atom is -0.398 e. The number of carbonyl (C=O) groups is 1. The number of hydrogen-bond donors (Lipinski definition) is 1. The van der Waals surface area contributed by atoms with Crippen LogP contribution in [0.5, 0.6) is 0 Å². The Hall–Kier alpha value is -2.16. The Balaban J connectivity index is 2.64. The molecule has 0 radical (unpaired) electrons. The van der Waals surface area contributed by atoms with E-state index >= 15 is 0 Å². The molecule has 0 aliphatic carbocycles. The largest absolute Gasteiger partial charge is 0.398 e. The van der Waals surface area contributed by atoms with Gasteiger partial charge in [-0.25, -0.2) is 4.39 Å². The Labute approximate surface area is 98.9 Å². The Morgan fingerprint density at radius 2 is 2.00 bits per heavy atom. The van der Waals surface area contributed by atoms with Gasteiger partial charge in [0, 0.05) is 5.69 Å². The van der Waals surface area contributed by atoms with Gasteiger partial charge in [-0.15, -0.1) is 0 Å². The molecule has 17 heavy (non-hydrogen) atoms. The number of hydrogen-bond acceptors (Lipinski definition) is 2. The quantitative estimate of drug-likeness (QED) is 0.634. The summed E-state index contributed by atoms with van der Waals surface area (Å²) in [6, 6.07) is 9.98. The van der Waals surface area contributed by atoms with Gasteiger partial charge in [0.15, 0.2) is 6.29 Å². The standard InChI is InChI=1S/C14H12FNO/c1-9-5-6-10(7-14(9)16)11-3-2-4-13(15)12(11)8-17/h2-8H,16H2,1H3. The zero-order valence-electron chi connectivity index (χ0n) is 9.41. The van der Waals surface area contributed by atoms with Gasteiger partial charge in [-0.05, 0) is 35.7 Å². The number of benzene rings is 2. The van der Waals surface area contributed by atoms with Crippen molar-refractivity contribution < 1.29 is 9.18 Å². The number of nitrogens with two attached hydrogens (primary N) is 1. The van der Waals surface area contributed by atoms with Crippen molar-refractivity contribution in [3.05, 3.63) is 53.3 Å². The molecule has 0 aromatic heterocycles. The van der Waals surface area contributed by atoms with E-state index in [1.807, 2.05) is 19.1 Å². The van der Waals surface area contributed by atoms with Gasteiger partial charge in [-0.1, -0.05) is 24.3 Å². The van der Waals surface area contributed by atoms with E-state index in [0.717, 1.165) is 11.1 Å². The van der Waals surface area contributed by atoms with E-state index in [2.05, 4.69) is 0 Å².